The van der Waals surface area contributed by atoms with Gasteiger partial charge in [0.05, 0.1) is 0 Å². The third kappa shape index (κ3) is 5.12. The van der Waals surface area contributed by atoms with Crippen LogP contribution in [0.3, 0.4) is 0 Å². The maximum atomic E-state index is 3.66. The van der Waals surface area contributed by atoms with Crippen molar-refractivity contribution in [1.29, 1.82) is 0 Å². The summed E-state index contributed by atoms with van der Waals surface area (Å²) >= 11 is 0. The fourth-order valence-electron chi connectivity index (χ4n) is 2.98. The molecule has 1 N–H and O–H groups in total. The van der Waals surface area contributed by atoms with Gasteiger partial charge in [-0.3, -0.25) is 0 Å². The van der Waals surface area contributed by atoms with E-state index in [4.69, 9.17) is 0 Å². The summed E-state index contributed by atoms with van der Waals surface area (Å²) in [7, 11) is 0. The van der Waals surface area contributed by atoms with Gasteiger partial charge in [-0.15, -0.1) is 0 Å². The number of hydrogen-bond acceptors (Lipinski definition) is 2. The molecule has 2 heteroatoms. The van der Waals surface area contributed by atoms with E-state index in [1.165, 1.54) is 24.9 Å². The Hall–Kier alpha value is -0.860. The predicted octanol–water partition coefficient (Wildman–Crippen LogP) is 3.67. The van der Waals surface area contributed by atoms with Crippen molar-refractivity contribution in [3.05, 3.63) is 35.9 Å². The zero-order valence-corrected chi connectivity index (χ0v) is 14.2. The Bertz CT molecular complexity index is 411. The average Bonchev–Trinajstić information content (AvgIpc) is 3.29. The van der Waals surface area contributed by atoms with E-state index in [2.05, 4.69) is 68.2 Å². The van der Waals surface area contributed by atoms with E-state index in [0.717, 1.165) is 25.6 Å². The highest BCUT2D eigenvalue weighted by Crippen LogP contribution is 2.31. The van der Waals surface area contributed by atoms with Gasteiger partial charge in [0.25, 0.3) is 0 Å². The Morgan fingerprint density at radius 1 is 1.24 bits per heavy atom. The molecule has 0 saturated heterocycles. The summed E-state index contributed by atoms with van der Waals surface area (Å²) in [5, 5.41) is 3.66. The van der Waals surface area contributed by atoms with Gasteiger partial charge in [-0.05, 0) is 30.9 Å². The molecule has 0 aromatic heterocycles. The number of nitrogens with zero attached hydrogens (tertiary/aromatic N) is 1. The van der Waals surface area contributed by atoms with Crippen molar-refractivity contribution >= 4 is 0 Å². The number of benzene rings is 1. The third-order valence-electron chi connectivity index (χ3n) is 4.60. The molecule has 0 spiro atoms. The molecule has 0 radical (unpaired) electrons. The van der Waals surface area contributed by atoms with Crippen molar-refractivity contribution in [1.82, 2.24) is 10.2 Å². The largest absolute Gasteiger partial charge is 0.314 e. The van der Waals surface area contributed by atoms with Crippen molar-refractivity contribution in [2.45, 2.75) is 52.0 Å². The van der Waals surface area contributed by atoms with E-state index in [-0.39, 0.29) is 5.41 Å². The summed E-state index contributed by atoms with van der Waals surface area (Å²) < 4.78 is 0. The number of nitrogens with one attached hydrogen (secondary N) is 1. The van der Waals surface area contributed by atoms with E-state index in [1.54, 1.807) is 0 Å². The summed E-state index contributed by atoms with van der Waals surface area (Å²) in [4.78, 5) is 2.65. The first kappa shape index (κ1) is 16.5. The monoisotopic (exact) mass is 288 g/mol. The van der Waals surface area contributed by atoms with Crippen LogP contribution in [0.4, 0.5) is 0 Å². The zero-order chi connectivity index (χ0) is 15.3. The molecule has 2 rings (SSSR count). The first-order valence-corrected chi connectivity index (χ1v) is 8.55. The molecule has 118 valence electrons. The molecule has 1 unspecified atom stereocenters. The topological polar surface area (TPSA) is 15.3 Å². The van der Waals surface area contributed by atoms with Crippen LogP contribution in [0.15, 0.2) is 30.3 Å². The Morgan fingerprint density at radius 3 is 2.43 bits per heavy atom. The fraction of sp³-hybridized carbons (Fsp3) is 0.684. The van der Waals surface area contributed by atoms with Gasteiger partial charge in [-0.2, -0.15) is 0 Å². The second-order valence-electron chi connectivity index (χ2n) is 7.23. The number of rotatable bonds is 9. The lowest BCUT2D eigenvalue weighted by Gasteiger charge is -2.36. The highest BCUT2D eigenvalue weighted by Gasteiger charge is 2.31. The maximum Gasteiger partial charge on any atom is 0.0177 e. The van der Waals surface area contributed by atoms with E-state index >= 15 is 0 Å². The van der Waals surface area contributed by atoms with Gasteiger partial charge in [0.15, 0.2) is 0 Å². The first-order chi connectivity index (χ1) is 10.0. The molecule has 1 aliphatic rings. The summed E-state index contributed by atoms with van der Waals surface area (Å²) in [5.41, 5.74) is 1.63. The van der Waals surface area contributed by atoms with Crippen molar-refractivity contribution < 1.29 is 0 Å². The van der Waals surface area contributed by atoms with Crippen molar-refractivity contribution in [3.8, 4) is 0 Å². The van der Waals surface area contributed by atoms with Crippen molar-refractivity contribution in [2.75, 3.05) is 26.2 Å². The summed E-state index contributed by atoms with van der Waals surface area (Å²) in [6, 6.07) is 11.5. The minimum absolute atomic E-state index is 0.177. The van der Waals surface area contributed by atoms with E-state index in [0.29, 0.717) is 6.04 Å². The van der Waals surface area contributed by atoms with Crippen LogP contribution >= 0.6 is 0 Å². The Morgan fingerprint density at radius 2 is 1.90 bits per heavy atom. The number of likely N-dealkylation sites (N-methyl/N-ethyl adjacent to an activating group) is 1. The molecule has 21 heavy (non-hydrogen) atoms. The Kier molecular flexibility index (Phi) is 5.83. The van der Waals surface area contributed by atoms with Gasteiger partial charge in [0, 0.05) is 31.1 Å². The molecule has 1 fully saturated rings. The lowest BCUT2D eigenvalue weighted by Crippen LogP contribution is -2.47. The van der Waals surface area contributed by atoms with Crippen LogP contribution < -0.4 is 5.32 Å². The SMILES string of the molecule is CCN(CC1CC1)CC(C)(CNC(C)C)c1ccccc1. The van der Waals surface area contributed by atoms with Crippen LogP contribution in [0, 0.1) is 5.92 Å². The smallest absolute Gasteiger partial charge is 0.0177 e. The van der Waals surface area contributed by atoms with Crippen LogP contribution in [-0.4, -0.2) is 37.1 Å². The number of hydrogen-bond donors (Lipinski definition) is 1. The maximum absolute atomic E-state index is 3.66. The molecule has 1 aromatic rings. The fourth-order valence-corrected chi connectivity index (χ4v) is 2.98. The lowest BCUT2D eigenvalue weighted by atomic mass is 9.81. The zero-order valence-electron chi connectivity index (χ0n) is 14.2. The standard InChI is InChI=1S/C19H32N2/c1-5-21(13-17-11-12-17)15-19(4,14-20-16(2)3)18-9-7-6-8-10-18/h6-10,16-17,20H,5,11-15H2,1-4H3. The molecule has 2 nitrogen and oxygen atoms in total. The molecule has 0 aliphatic heterocycles. The highest BCUT2D eigenvalue weighted by atomic mass is 15.1. The van der Waals surface area contributed by atoms with E-state index in [9.17, 15) is 0 Å². The molecule has 1 aliphatic carbocycles. The van der Waals surface area contributed by atoms with Crippen LogP contribution in [0.25, 0.3) is 0 Å². The quantitative estimate of drug-likeness (QED) is 0.746. The van der Waals surface area contributed by atoms with Gasteiger partial charge < -0.3 is 10.2 Å². The second kappa shape index (κ2) is 7.42. The molecule has 0 bridgehead atoms. The molecule has 0 amide bonds. The molecule has 1 atom stereocenters. The van der Waals surface area contributed by atoms with Crippen LogP contribution in [0.1, 0.15) is 46.1 Å². The van der Waals surface area contributed by atoms with Crippen LogP contribution in [0.2, 0.25) is 0 Å². The van der Waals surface area contributed by atoms with Gasteiger partial charge >= 0.3 is 0 Å². The normalized spacial score (nSPS) is 18.2. The minimum atomic E-state index is 0.177. The lowest BCUT2D eigenvalue weighted by molar-refractivity contribution is 0.210. The van der Waals surface area contributed by atoms with E-state index < -0.39 is 0 Å². The molecule has 0 heterocycles. The molecule has 1 aromatic carbocycles. The van der Waals surface area contributed by atoms with Crippen LogP contribution in [-0.2, 0) is 5.41 Å². The van der Waals surface area contributed by atoms with E-state index in [1.807, 2.05) is 0 Å². The van der Waals surface area contributed by atoms with Crippen LogP contribution in [0.5, 0.6) is 0 Å². The summed E-state index contributed by atoms with van der Waals surface area (Å²) in [6.45, 7) is 13.8. The second-order valence-corrected chi connectivity index (χ2v) is 7.23. The first-order valence-electron chi connectivity index (χ1n) is 8.55. The predicted molar refractivity (Wildman–Crippen MR) is 91.8 cm³/mol. The summed E-state index contributed by atoms with van der Waals surface area (Å²) in [6.07, 6.45) is 2.87. The van der Waals surface area contributed by atoms with Gasteiger partial charge in [-0.25, -0.2) is 0 Å². The molecular formula is C19H32N2. The minimum Gasteiger partial charge on any atom is -0.314 e. The van der Waals surface area contributed by atoms with Crippen molar-refractivity contribution in [3.63, 3.8) is 0 Å². The summed E-state index contributed by atoms with van der Waals surface area (Å²) in [5.74, 6) is 0.961. The average molecular weight is 288 g/mol. The molecule has 1 saturated carbocycles. The Labute approximate surface area is 130 Å². The molecular weight excluding hydrogens is 256 g/mol. The van der Waals surface area contributed by atoms with Crippen molar-refractivity contribution in [2.24, 2.45) is 5.92 Å². The van der Waals surface area contributed by atoms with Gasteiger partial charge in [0.1, 0.15) is 0 Å². The van der Waals surface area contributed by atoms with Gasteiger partial charge in [-0.1, -0.05) is 58.0 Å². The third-order valence-corrected chi connectivity index (χ3v) is 4.60. The highest BCUT2D eigenvalue weighted by molar-refractivity contribution is 5.25. The Balaban J connectivity index is 2.09. The van der Waals surface area contributed by atoms with Gasteiger partial charge in [0.2, 0.25) is 0 Å².